The molecule has 6 nitrogen and oxygen atoms in total. The van der Waals surface area contributed by atoms with Crippen molar-refractivity contribution >= 4 is 17.2 Å². The second kappa shape index (κ2) is 5.18. The number of nitrogens with one attached hydrogen (secondary N) is 1. The zero-order chi connectivity index (χ0) is 13.8. The van der Waals surface area contributed by atoms with E-state index in [-0.39, 0.29) is 23.0 Å². The lowest BCUT2D eigenvalue weighted by Crippen LogP contribution is -2.10. The van der Waals surface area contributed by atoms with Gasteiger partial charge in [-0.25, -0.2) is 0 Å². The number of phenolic OH excluding ortho intramolecular Hbond substituents is 2. The fourth-order valence-corrected chi connectivity index (χ4v) is 1.42. The number of rotatable bonds is 3. The summed E-state index contributed by atoms with van der Waals surface area (Å²) in [6.07, 6.45) is 0. The molecule has 0 saturated carbocycles. The summed E-state index contributed by atoms with van der Waals surface area (Å²) < 4.78 is 0. The third kappa shape index (κ3) is 3.06. The number of phenols is 2. The molecule has 0 heterocycles. The van der Waals surface area contributed by atoms with Crippen LogP contribution in [0.3, 0.4) is 0 Å². The van der Waals surface area contributed by atoms with Gasteiger partial charge >= 0.3 is 0 Å². The van der Waals surface area contributed by atoms with Gasteiger partial charge in [0.2, 0.25) is 0 Å². The Hall–Kier alpha value is -2.89. The van der Waals surface area contributed by atoms with Crippen LogP contribution in [-0.2, 0) is 0 Å². The van der Waals surface area contributed by atoms with Crippen LogP contribution in [0.15, 0.2) is 52.7 Å². The Kier molecular flexibility index (Phi) is 3.42. The molecule has 2 aromatic carbocycles. The Labute approximate surface area is 109 Å². The van der Waals surface area contributed by atoms with E-state index in [1.165, 1.54) is 18.2 Å². The third-order valence-corrected chi connectivity index (χ3v) is 2.41. The molecule has 0 fully saturated rings. The lowest BCUT2D eigenvalue weighted by molar-refractivity contribution is 0.451. The van der Waals surface area contributed by atoms with E-state index in [2.05, 4.69) is 10.2 Å². The van der Waals surface area contributed by atoms with Crippen LogP contribution >= 0.6 is 0 Å². The number of hydrogen-bond acceptors (Lipinski definition) is 5. The third-order valence-electron chi connectivity index (χ3n) is 2.41. The largest absolute Gasteiger partial charge is 0.508 e. The zero-order valence-corrected chi connectivity index (χ0v) is 9.91. The van der Waals surface area contributed by atoms with Gasteiger partial charge in [0.1, 0.15) is 23.0 Å². The molecular formula is C13H12N4O2. The smallest absolute Gasteiger partial charge is 0.146 e. The first-order valence-corrected chi connectivity index (χ1v) is 5.44. The van der Waals surface area contributed by atoms with Crippen molar-refractivity contribution < 1.29 is 10.2 Å². The summed E-state index contributed by atoms with van der Waals surface area (Å²) in [6.45, 7) is 0. The number of nitrogen functional groups attached to an aromatic ring is 1. The van der Waals surface area contributed by atoms with E-state index >= 15 is 0 Å². The molecule has 0 aliphatic carbocycles. The summed E-state index contributed by atoms with van der Waals surface area (Å²) in [4.78, 5) is 0. The molecule has 0 aromatic heterocycles. The van der Waals surface area contributed by atoms with E-state index in [0.717, 1.165) is 0 Å². The fraction of sp³-hybridized carbons (Fsp3) is 0. The Bertz CT molecular complexity index is 636. The van der Waals surface area contributed by atoms with Gasteiger partial charge in [-0.15, -0.1) is 5.11 Å². The number of benzene rings is 2. The lowest BCUT2D eigenvalue weighted by Gasteiger charge is -1.99. The minimum atomic E-state index is -0.149. The lowest BCUT2D eigenvalue weighted by atomic mass is 10.2. The van der Waals surface area contributed by atoms with Crippen LogP contribution in [0.25, 0.3) is 0 Å². The summed E-state index contributed by atoms with van der Waals surface area (Å²) in [5.41, 5.74) is 6.76. The van der Waals surface area contributed by atoms with Gasteiger partial charge in [-0.05, 0) is 36.4 Å². The van der Waals surface area contributed by atoms with Crippen molar-refractivity contribution in [1.82, 2.24) is 0 Å². The topological polar surface area (TPSA) is 115 Å². The molecule has 0 bridgehead atoms. The highest BCUT2D eigenvalue weighted by Gasteiger charge is 2.01. The van der Waals surface area contributed by atoms with Crippen LogP contribution in [-0.4, -0.2) is 16.0 Å². The monoisotopic (exact) mass is 256 g/mol. The van der Waals surface area contributed by atoms with E-state index in [1.807, 2.05) is 0 Å². The van der Waals surface area contributed by atoms with Crippen LogP contribution in [0.5, 0.6) is 11.5 Å². The van der Waals surface area contributed by atoms with Gasteiger partial charge in [0.25, 0.3) is 0 Å². The van der Waals surface area contributed by atoms with Gasteiger partial charge in [0.15, 0.2) is 0 Å². The molecule has 19 heavy (non-hydrogen) atoms. The number of aromatic hydroxyl groups is 2. The SMILES string of the molecule is N=C(N)c1ccc(N=Nc2ccc(O)cc2O)cc1. The van der Waals surface area contributed by atoms with Crippen LogP contribution in [0, 0.1) is 5.41 Å². The van der Waals surface area contributed by atoms with Gasteiger partial charge in [-0.1, -0.05) is 0 Å². The van der Waals surface area contributed by atoms with E-state index in [0.29, 0.717) is 11.3 Å². The fourth-order valence-electron chi connectivity index (χ4n) is 1.42. The molecule has 0 spiro atoms. The molecule has 0 unspecified atom stereocenters. The van der Waals surface area contributed by atoms with Crippen LogP contribution in [0.2, 0.25) is 0 Å². The highest BCUT2D eigenvalue weighted by atomic mass is 16.3. The molecule has 0 aliphatic rings. The maximum Gasteiger partial charge on any atom is 0.146 e. The Morgan fingerprint density at radius 1 is 1.00 bits per heavy atom. The summed E-state index contributed by atoms with van der Waals surface area (Å²) >= 11 is 0. The second-order valence-electron chi connectivity index (χ2n) is 3.83. The molecule has 2 rings (SSSR count). The average Bonchev–Trinajstić information content (AvgIpc) is 2.38. The Balaban J connectivity index is 2.20. The van der Waals surface area contributed by atoms with E-state index in [1.54, 1.807) is 24.3 Å². The van der Waals surface area contributed by atoms with Crippen LogP contribution in [0.1, 0.15) is 5.56 Å². The number of azo groups is 1. The molecule has 0 saturated heterocycles. The van der Waals surface area contributed by atoms with Crippen molar-refractivity contribution in [2.75, 3.05) is 0 Å². The van der Waals surface area contributed by atoms with Crippen molar-refractivity contribution in [2.24, 2.45) is 16.0 Å². The minimum absolute atomic E-state index is 0.0142. The normalized spacial score (nSPS) is 10.7. The minimum Gasteiger partial charge on any atom is -0.508 e. The highest BCUT2D eigenvalue weighted by Crippen LogP contribution is 2.31. The Morgan fingerprint density at radius 3 is 2.26 bits per heavy atom. The molecule has 5 N–H and O–H groups in total. The first-order valence-electron chi connectivity index (χ1n) is 5.44. The number of nitrogens with two attached hydrogens (primary N) is 1. The first-order chi connectivity index (χ1) is 9.06. The molecule has 0 amide bonds. The van der Waals surface area contributed by atoms with Crippen molar-refractivity contribution in [3.8, 4) is 11.5 Å². The number of hydrogen-bond donors (Lipinski definition) is 4. The van der Waals surface area contributed by atoms with E-state index < -0.39 is 0 Å². The van der Waals surface area contributed by atoms with Gasteiger partial charge in [0.05, 0.1) is 5.69 Å². The summed E-state index contributed by atoms with van der Waals surface area (Å²) in [7, 11) is 0. The first kappa shape index (κ1) is 12.6. The van der Waals surface area contributed by atoms with Crippen molar-refractivity contribution in [3.05, 3.63) is 48.0 Å². The average molecular weight is 256 g/mol. The van der Waals surface area contributed by atoms with Crippen molar-refractivity contribution in [3.63, 3.8) is 0 Å². The van der Waals surface area contributed by atoms with Crippen LogP contribution in [0.4, 0.5) is 11.4 Å². The molecule has 0 aliphatic heterocycles. The maximum absolute atomic E-state index is 9.53. The van der Waals surface area contributed by atoms with Crippen molar-refractivity contribution in [1.29, 1.82) is 5.41 Å². The molecule has 0 radical (unpaired) electrons. The summed E-state index contributed by atoms with van der Waals surface area (Å²) in [5.74, 6) is -0.203. The number of nitrogens with zero attached hydrogens (tertiary/aromatic N) is 2. The van der Waals surface area contributed by atoms with Crippen molar-refractivity contribution in [2.45, 2.75) is 0 Å². The highest BCUT2D eigenvalue weighted by molar-refractivity contribution is 5.95. The van der Waals surface area contributed by atoms with Gasteiger partial charge in [0, 0.05) is 11.6 Å². The molecule has 0 atom stereocenters. The van der Waals surface area contributed by atoms with E-state index in [9.17, 15) is 5.11 Å². The quantitative estimate of drug-likeness (QED) is 0.384. The maximum atomic E-state index is 9.53. The zero-order valence-electron chi connectivity index (χ0n) is 9.91. The van der Waals surface area contributed by atoms with Gasteiger partial charge in [-0.3, -0.25) is 5.41 Å². The Morgan fingerprint density at radius 2 is 1.68 bits per heavy atom. The summed E-state index contributed by atoms with van der Waals surface area (Å²) in [6, 6.07) is 10.7. The van der Waals surface area contributed by atoms with Crippen LogP contribution < -0.4 is 5.73 Å². The molecule has 2 aromatic rings. The second-order valence-corrected chi connectivity index (χ2v) is 3.83. The molecular weight excluding hydrogens is 244 g/mol. The standard InChI is InChI=1S/C13H12N4O2/c14-13(15)8-1-3-9(4-2-8)16-17-11-6-5-10(18)7-12(11)19/h1-7,18-19H,(H3,14,15). The predicted molar refractivity (Wildman–Crippen MR) is 71.4 cm³/mol. The number of amidine groups is 1. The summed E-state index contributed by atoms with van der Waals surface area (Å²) in [5, 5.41) is 33.7. The molecule has 6 heteroatoms. The molecule has 96 valence electrons. The van der Waals surface area contributed by atoms with Gasteiger partial charge in [-0.2, -0.15) is 5.11 Å². The predicted octanol–water partition coefficient (Wildman–Crippen LogP) is 2.80. The van der Waals surface area contributed by atoms with Gasteiger partial charge < -0.3 is 15.9 Å². The van der Waals surface area contributed by atoms with E-state index in [4.69, 9.17) is 16.2 Å².